The van der Waals surface area contributed by atoms with Crippen molar-refractivity contribution in [3.63, 3.8) is 0 Å². The molecule has 0 aliphatic rings. The van der Waals surface area contributed by atoms with E-state index in [1.165, 1.54) is 0 Å². The number of hydrogen-bond donors (Lipinski definition) is 3. The topological polar surface area (TPSA) is 78.4 Å². The van der Waals surface area contributed by atoms with Crippen molar-refractivity contribution in [2.45, 2.75) is 12.5 Å². The molecule has 3 N–H and O–H groups in total. The van der Waals surface area contributed by atoms with E-state index in [0.29, 0.717) is 5.69 Å². The quantitative estimate of drug-likeness (QED) is 0.720. The number of carboxylic acids is 1. The minimum atomic E-state index is -1.10. The highest BCUT2D eigenvalue weighted by Crippen LogP contribution is 2.04. The predicted octanol–water partition coefficient (Wildman–Crippen LogP) is 1.49. The maximum atomic E-state index is 11.4. The smallest absolute Gasteiger partial charge is 0.326 e. The highest BCUT2D eigenvalue weighted by Gasteiger charge is 2.17. The van der Waals surface area contributed by atoms with E-state index in [-0.39, 0.29) is 6.42 Å². The summed E-state index contributed by atoms with van der Waals surface area (Å²) in [6, 6.07) is 7.25. The lowest BCUT2D eigenvalue weighted by Crippen LogP contribution is -2.42. The Bertz CT molecular complexity index is 365. The van der Waals surface area contributed by atoms with Gasteiger partial charge in [-0.15, -0.1) is 0 Å². The van der Waals surface area contributed by atoms with Gasteiger partial charge in [0.1, 0.15) is 6.04 Å². The van der Waals surface area contributed by atoms with Gasteiger partial charge in [0.25, 0.3) is 0 Å². The van der Waals surface area contributed by atoms with Crippen molar-refractivity contribution in [3.05, 3.63) is 37.3 Å². The zero-order chi connectivity index (χ0) is 12.0. The second-order valence-corrected chi connectivity index (χ2v) is 3.14. The highest BCUT2D eigenvalue weighted by molar-refractivity contribution is 5.92. The van der Waals surface area contributed by atoms with Crippen LogP contribution in [-0.4, -0.2) is 23.1 Å². The number of nitrogens with one attached hydrogen (secondary N) is 2. The summed E-state index contributed by atoms with van der Waals surface area (Å²) in [5.41, 5.74) is 0.605. The third-order valence-electron chi connectivity index (χ3n) is 1.92. The minimum absolute atomic E-state index is 0.0948. The van der Waals surface area contributed by atoms with Crippen molar-refractivity contribution in [3.8, 4) is 0 Å². The Morgan fingerprint density at radius 2 is 1.94 bits per heavy atom. The zero-order valence-electron chi connectivity index (χ0n) is 8.64. The van der Waals surface area contributed by atoms with Gasteiger partial charge in [0.2, 0.25) is 0 Å². The number of hydrogen-bond acceptors (Lipinski definition) is 2. The number of para-hydroxylation sites is 1. The van der Waals surface area contributed by atoms with Crippen LogP contribution >= 0.6 is 0 Å². The normalized spacial score (nSPS) is 11.6. The van der Waals surface area contributed by atoms with Crippen LogP contribution in [0.2, 0.25) is 0 Å². The summed E-state index contributed by atoms with van der Waals surface area (Å²) >= 11 is 0. The van der Waals surface area contributed by atoms with Gasteiger partial charge in [-0.2, -0.15) is 0 Å². The fourth-order valence-corrected chi connectivity index (χ4v) is 1.10. The van der Waals surface area contributed by atoms with Crippen LogP contribution in [0.25, 0.3) is 0 Å². The molecule has 0 aromatic heterocycles. The fourth-order valence-electron chi connectivity index (χ4n) is 1.10. The molecular weight excluding hydrogens is 208 g/mol. The molecule has 0 bridgehead atoms. The SMILES string of the molecule is [CH2]CC(NC(=O)Nc1ccccc1)C(=O)O. The molecule has 1 aromatic carbocycles. The Labute approximate surface area is 93.5 Å². The van der Waals surface area contributed by atoms with Crippen molar-refractivity contribution in [2.24, 2.45) is 0 Å². The lowest BCUT2D eigenvalue weighted by atomic mass is 10.2. The van der Waals surface area contributed by atoms with Crippen molar-refractivity contribution >= 4 is 17.7 Å². The van der Waals surface area contributed by atoms with E-state index in [9.17, 15) is 9.59 Å². The van der Waals surface area contributed by atoms with Crippen LogP contribution < -0.4 is 10.6 Å². The molecule has 5 heteroatoms. The van der Waals surface area contributed by atoms with Crippen LogP contribution in [0.15, 0.2) is 30.3 Å². The molecule has 1 rings (SSSR count). The van der Waals surface area contributed by atoms with Crippen molar-refractivity contribution in [1.29, 1.82) is 0 Å². The summed E-state index contributed by atoms with van der Waals surface area (Å²) in [5.74, 6) is -1.10. The van der Waals surface area contributed by atoms with Crippen LogP contribution in [0.4, 0.5) is 10.5 Å². The first-order valence-electron chi connectivity index (χ1n) is 4.78. The van der Waals surface area contributed by atoms with Crippen LogP contribution in [0.1, 0.15) is 6.42 Å². The molecule has 0 saturated heterocycles. The fraction of sp³-hybridized carbons (Fsp3) is 0.182. The van der Waals surface area contributed by atoms with Gasteiger partial charge < -0.3 is 15.7 Å². The minimum Gasteiger partial charge on any atom is -0.480 e. The largest absolute Gasteiger partial charge is 0.480 e. The molecule has 16 heavy (non-hydrogen) atoms. The van der Waals surface area contributed by atoms with E-state index >= 15 is 0 Å². The Hall–Kier alpha value is -2.04. The Kier molecular flexibility index (Phi) is 4.32. The summed E-state index contributed by atoms with van der Waals surface area (Å²) in [6.45, 7) is 3.44. The van der Waals surface area contributed by atoms with Crippen LogP contribution in [0.3, 0.4) is 0 Å². The first kappa shape index (κ1) is 12.0. The maximum absolute atomic E-state index is 11.4. The van der Waals surface area contributed by atoms with E-state index in [0.717, 1.165) is 0 Å². The van der Waals surface area contributed by atoms with E-state index < -0.39 is 18.0 Å². The van der Waals surface area contributed by atoms with E-state index in [1.54, 1.807) is 24.3 Å². The molecule has 5 nitrogen and oxygen atoms in total. The van der Waals surface area contributed by atoms with Crippen LogP contribution in [0, 0.1) is 6.92 Å². The number of rotatable bonds is 4. The number of anilines is 1. The molecule has 0 saturated carbocycles. The lowest BCUT2D eigenvalue weighted by molar-refractivity contribution is -0.139. The molecule has 1 atom stereocenters. The third kappa shape index (κ3) is 3.61. The summed E-state index contributed by atoms with van der Waals surface area (Å²) in [7, 11) is 0. The third-order valence-corrected chi connectivity index (χ3v) is 1.92. The van der Waals surface area contributed by atoms with Crippen LogP contribution in [0.5, 0.6) is 0 Å². The maximum Gasteiger partial charge on any atom is 0.326 e. The van der Waals surface area contributed by atoms with Gasteiger partial charge in [-0.3, -0.25) is 0 Å². The number of carbonyl (C=O) groups excluding carboxylic acids is 1. The van der Waals surface area contributed by atoms with Gasteiger partial charge in [-0.25, -0.2) is 9.59 Å². The molecular formula is C11H13N2O3. The van der Waals surface area contributed by atoms with Crippen molar-refractivity contribution in [2.75, 3.05) is 5.32 Å². The van der Waals surface area contributed by atoms with E-state index in [1.807, 2.05) is 6.07 Å². The summed E-state index contributed by atoms with van der Waals surface area (Å²) in [4.78, 5) is 22.0. The molecule has 0 spiro atoms. The van der Waals surface area contributed by atoms with Crippen LogP contribution in [-0.2, 0) is 4.79 Å². The van der Waals surface area contributed by atoms with Gasteiger partial charge in [0.15, 0.2) is 0 Å². The Morgan fingerprint density at radius 3 is 2.44 bits per heavy atom. The second-order valence-electron chi connectivity index (χ2n) is 3.14. The van der Waals surface area contributed by atoms with Gasteiger partial charge in [-0.1, -0.05) is 25.1 Å². The standard InChI is InChI=1S/C11H13N2O3/c1-2-9(10(14)15)13-11(16)12-8-6-4-3-5-7-8/h3-7,9H,1-2H2,(H,14,15)(H2,12,13,16). The molecule has 85 valence electrons. The monoisotopic (exact) mass is 221 g/mol. The lowest BCUT2D eigenvalue weighted by Gasteiger charge is -2.12. The highest BCUT2D eigenvalue weighted by atomic mass is 16.4. The number of amides is 2. The predicted molar refractivity (Wildman–Crippen MR) is 60.0 cm³/mol. The summed E-state index contributed by atoms with van der Waals surface area (Å²) in [6.07, 6.45) is 0.0948. The molecule has 1 radical (unpaired) electrons. The van der Waals surface area contributed by atoms with Crippen molar-refractivity contribution in [1.82, 2.24) is 5.32 Å². The summed E-state index contributed by atoms with van der Waals surface area (Å²) < 4.78 is 0. The molecule has 0 fully saturated rings. The van der Waals surface area contributed by atoms with E-state index in [4.69, 9.17) is 5.11 Å². The Morgan fingerprint density at radius 1 is 1.31 bits per heavy atom. The molecule has 1 aromatic rings. The van der Waals surface area contributed by atoms with Gasteiger partial charge in [0, 0.05) is 5.69 Å². The first-order valence-corrected chi connectivity index (χ1v) is 4.78. The molecule has 0 aliphatic carbocycles. The molecule has 1 unspecified atom stereocenters. The second kappa shape index (κ2) is 5.75. The van der Waals surface area contributed by atoms with E-state index in [2.05, 4.69) is 17.6 Å². The van der Waals surface area contributed by atoms with Crippen molar-refractivity contribution < 1.29 is 14.7 Å². The van der Waals surface area contributed by atoms with Gasteiger partial charge in [0.05, 0.1) is 0 Å². The Balaban J connectivity index is 2.50. The number of urea groups is 1. The number of benzene rings is 1. The number of carbonyl (C=O) groups is 2. The van der Waals surface area contributed by atoms with Gasteiger partial charge in [-0.05, 0) is 18.6 Å². The number of aliphatic carboxylic acids is 1. The average molecular weight is 221 g/mol. The summed E-state index contributed by atoms with van der Waals surface area (Å²) in [5, 5.41) is 13.5. The number of carboxylic acid groups (broad SMARTS) is 1. The average Bonchev–Trinajstić information content (AvgIpc) is 2.27. The molecule has 0 heterocycles. The zero-order valence-corrected chi connectivity index (χ0v) is 8.64. The van der Waals surface area contributed by atoms with Gasteiger partial charge >= 0.3 is 12.0 Å². The molecule has 2 amide bonds. The first-order chi connectivity index (χ1) is 7.63. The molecule has 0 aliphatic heterocycles.